The SMILES string of the molecule is O=C(Nc1ccccc1)c1ccc(NCc2nc3ncc(Br)cc3[nH]2)nn1. The Balaban J connectivity index is 1.39. The number of H-pyrrole nitrogens is 1. The van der Waals surface area contributed by atoms with Crippen molar-refractivity contribution in [2.24, 2.45) is 0 Å². The summed E-state index contributed by atoms with van der Waals surface area (Å²) in [7, 11) is 0. The van der Waals surface area contributed by atoms with Gasteiger partial charge in [0.1, 0.15) is 11.6 Å². The molecule has 3 heterocycles. The van der Waals surface area contributed by atoms with Crippen molar-refractivity contribution in [3.63, 3.8) is 0 Å². The Labute approximate surface area is 162 Å². The fraction of sp³-hybridized carbons (Fsp3) is 0.0556. The van der Waals surface area contributed by atoms with Crippen LogP contribution in [0.5, 0.6) is 0 Å². The van der Waals surface area contributed by atoms with Gasteiger partial charge in [0.2, 0.25) is 0 Å². The van der Waals surface area contributed by atoms with Crippen molar-refractivity contribution >= 4 is 44.5 Å². The summed E-state index contributed by atoms with van der Waals surface area (Å²) in [5, 5.41) is 13.9. The Kier molecular flexibility index (Phi) is 4.75. The third kappa shape index (κ3) is 4.09. The molecule has 0 spiro atoms. The summed E-state index contributed by atoms with van der Waals surface area (Å²) in [6, 6.07) is 14.4. The highest BCUT2D eigenvalue weighted by Gasteiger charge is 2.09. The zero-order valence-corrected chi connectivity index (χ0v) is 15.6. The van der Waals surface area contributed by atoms with Gasteiger partial charge >= 0.3 is 0 Å². The first-order valence-electron chi connectivity index (χ1n) is 8.11. The van der Waals surface area contributed by atoms with Crippen molar-refractivity contribution in [2.75, 3.05) is 10.6 Å². The molecule has 0 atom stereocenters. The monoisotopic (exact) mass is 423 g/mol. The fourth-order valence-electron chi connectivity index (χ4n) is 2.45. The predicted octanol–water partition coefficient (Wildman–Crippen LogP) is 3.37. The van der Waals surface area contributed by atoms with E-state index in [0.717, 1.165) is 15.8 Å². The second-order valence-electron chi connectivity index (χ2n) is 5.69. The second-order valence-corrected chi connectivity index (χ2v) is 6.60. The van der Waals surface area contributed by atoms with Crippen LogP contribution in [-0.2, 0) is 6.54 Å². The molecule has 1 amide bonds. The molecule has 0 saturated carbocycles. The van der Waals surface area contributed by atoms with E-state index < -0.39 is 0 Å². The van der Waals surface area contributed by atoms with E-state index in [-0.39, 0.29) is 11.6 Å². The van der Waals surface area contributed by atoms with Gasteiger partial charge in [-0.3, -0.25) is 4.79 Å². The van der Waals surface area contributed by atoms with Crippen molar-refractivity contribution in [2.45, 2.75) is 6.54 Å². The van der Waals surface area contributed by atoms with E-state index in [0.29, 0.717) is 23.7 Å². The van der Waals surface area contributed by atoms with Crippen molar-refractivity contribution in [1.82, 2.24) is 25.1 Å². The third-order valence-electron chi connectivity index (χ3n) is 3.72. The van der Waals surface area contributed by atoms with Crippen molar-refractivity contribution in [3.8, 4) is 0 Å². The van der Waals surface area contributed by atoms with Crippen LogP contribution in [-0.4, -0.2) is 31.1 Å². The van der Waals surface area contributed by atoms with Gasteiger partial charge in [0.25, 0.3) is 5.91 Å². The van der Waals surface area contributed by atoms with E-state index >= 15 is 0 Å². The number of pyridine rings is 1. The summed E-state index contributed by atoms with van der Waals surface area (Å²) in [5.74, 6) is 0.957. The standard InChI is InChI=1S/C18H14BrN7O/c19-11-8-14-17(21-9-11)24-16(23-14)10-20-15-7-6-13(25-26-15)18(27)22-12-4-2-1-3-5-12/h1-9H,10H2,(H,20,26)(H,22,27)(H,21,23,24). The molecule has 134 valence electrons. The lowest BCUT2D eigenvalue weighted by atomic mass is 10.3. The van der Waals surface area contributed by atoms with Crippen molar-refractivity contribution in [1.29, 1.82) is 0 Å². The molecule has 0 aliphatic carbocycles. The molecule has 0 saturated heterocycles. The van der Waals surface area contributed by atoms with Gasteiger partial charge in [-0.2, -0.15) is 0 Å². The Morgan fingerprint density at radius 1 is 1.11 bits per heavy atom. The van der Waals surface area contributed by atoms with Crippen LogP contribution in [0.25, 0.3) is 11.2 Å². The lowest BCUT2D eigenvalue weighted by Crippen LogP contribution is -2.14. The Bertz CT molecular complexity index is 1080. The first kappa shape index (κ1) is 17.1. The number of imidazole rings is 1. The molecule has 0 fully saturated rings. The fourth-order valence-corrected chi connectivity index (χ4v) is 2.78. The molecule has 3 aromatic heterocycles. The smallest absolute Gasteiger partial charge is 0.276 e. The molecule has 4 aromatic rings. The maximum absolute atomic E-state index is 12.2. The maximum atomic E-state index is 12.2. The predicted molar refractivity (Wildman–Crippen MR) is 105 cm³/mol. The number of fused-ring (bicyclic) bond motifs is 1. The number of amides is 1. The minimum atomic E-state index is -0.311. The number of nitrogens with one attached hydrogen (secondary N) is 3. The highest BCUT2D eigenvalue weighted by molar-refractivity contribution is 9.10. The van der Waals surface area contributed by atoms with Crippen LogP contribution < -0.4 is 10.6 Å². The Hall–Kier alpha value is -3.33. The van der Waals surface area contributed by atoms with Gasteiger partial charge in [-0.25, -0.2) is 9.97 Å². The number of anilines is 2. The molecule has 0 unspecified atom stereocenters. The third-order valence-corrected chi connectivity index (χ3v) is 4.15. The summed E-state index contributed by atoms with van der Waals surface area (Å²) in [4.78, 5) is 24.0. The van der Waals surface area contributed by atoms with Gasteiger partial charge in [0.05, 0.1) is 12.1 Å². The molecule has 8 nitrogen and oxygen atoms in total. The topological polar surface area (TPSA) is 108 Å². The molecule has 4 rings (SSSR count). The van der Waals surface area contributed by atoms with E-state index in [2.05, 4.69) is 51.7 Å². The van der Waals surface area contributed by atoms with Crippen LogP contribution in [0.15, 0.2) is 59.2 Å². The summed E-state index contributed by atoms with van der Waals surface area (Å²) < 4.78 is 0.883. The first-order chi connectivity index (χ1) is 13.2. The lowest BCUT2D eigenvalue weighted by molar-refractivity contribution is 0.102. The molecule has 0 radical (unpaired) electrons. The maximum Gasteiger partial charge on any atom is 0.276 e. The van der Waals surface area contributed by atoms with E-state index in [1.165, 1.54) is 0 Å². The van der Waals surface area contributed by atoms with Gasteiger partial charge in [-0.05, 0) is 46.3 Å². The minimum absolute atomic E-state index is 0.238. The zero-order chi connectivity index (χ0) is 18.6. The Morgan fingerprint density at radius 3 is 2.74 bits per heavy atom. The van der Waals surface area contributed by atoms with Crippen LogP contribution in [0.3, 0.4) is 0 Å². The molecule has 3 N–H and O–H groups in total. The van der Waals surface area contributed by atoms with Crippen LogP contribution in [0.4, 0.5) is 11.5 Å². The molecule has 1 aromatic carbocycles. The number of carbonyl (C=O) groups is 1. The van der Waals surface area contributed by atoms with E-state index in [1.54, 1.807) is 18.3 Å². The summed E-state index contributed by atoms with van der Waals surface area (Å²) >= 11 is 3.38. The normalized spacial score (nSPS) is 10.7. The second kappa shape index (κ2) is 7.50. The average molecular weight is 424 g/mol. The van der Waals surface area contributed by atoms with Gasteiger partial charge in [-0.1, -0.05) is 18.2 Å². The average Bonchev–Trinajstić information content (AvgIpc) is 3.09. The van der Waals surface area contributed by atoms with Gasteiger partial charge < -0.3 is 15.6 Å². The quantitative estimate of drug-likeness (QED) is 0.453. The molecule has 9 heteroatoms. The number of carbonyl (C=O) groups excluding carboxylic acids is 1. The van der Waals surface area contributed by atoms with E-state index in [4.69, 9.17) is 0 Å². The van der Waals surface area contributed by atoms with Crippen molar-refractivity contribution < 1.29 is 4.79 Å². The number of halogens is 1. The molecule has 0 bridgehead atoms. The number of para-hydroxylation sites is 1. The molecule has 0 aliphatic heterocycles. The summed E-state index contributed by atoms with van der Waals surface area (Å²) in [6.07, 6.45) is 1.70. The van der Waals surface area contributed by atoms with Crippen LogP contribution in [0, 0.1) is 0 Å². The number of rotatable bonds is 5. The van der Waals surface area contributed by atoms with Crippen LogP contribution in [0.2, 0.25) is 0 Å². The van der Waals surface area contributed by atoms with Gasteiger partial charge in [0, 0.05) is 16.4 Å². The molecule has 0 aliphatic rings. The minimum Gasteiger partial charge on any atom is -0.361 e. The number of aromatic nitrogens is 5. The number of nitrogens with zero attached hydrogens (tertiary/aromatic N) is 4. The van der Waals surface area contributed by atoms with Crippen molar-refractivity contribution in [3.05, 3.63) is 70.7 Å². The molecule has 27 heavy (non-hydrogen) atoms. The van der Waals surface area contributed by atoms with Gasteiger partial charge in [-0.15, -0.1) is 10.2 Å². The number of benzene rings is 1. The summed E-state index contributed by atoms with van der Waals surface area (Å²) in [6.45, 7) is 0.429. The largest absolute Gasteiger partial charge is 0.361 e. The van der Waals surface area contributed by atoms with Crippen LogP contribution >= 0.6 is 15.9 Å². The van der Waals surface area contributed by atoms with E-state index in [1.807, 2.05) is 36.4 Å². The first-order valence-corrected chi connectivity index (χ1v) is 8.91. The Morgan fingerprint density at radius 2 is 1.96 bits per heavy atom. The molecular formula is C18H14BrN7O. The molecular weight excluding hydrogens is 410 g/mol. The number of aromatic amines is 1. The zero-order valence-electron chi connectivity index (χ0n) is 14.0. The highest BCUT2D eigenvalue weighted by atomic mass is 79.9. The van der Waals surface area contributed by atoms with Gasteiger partial charge in [0.15, 0.2) is 11.3 Å². The van der Waals surface area contributed by atoms with Crippen LogP contribution in [0.1, 0.15) is 16.3 Å². The number of hydrogen-bond donors (Lipinski definition) is 3. The number of hydrogen-bond acceptors (Lipinski definition) is 6. The highest BCUT2D eigenvalue weighted by Crippen LogP contribution is 2.15. The van der Waals surface area contributed by atoms with E-state index in [9.17, 15) is 4.79 Å². The lowest BCUT2D eigenvalue weighted by Gasteiger charge is -2.05. The summed E-state index contributed by atoms with van der Waals surface area (Å²) in [5.41, 5.74) is 2.44.